The lowest BCUT2D eigenvalue weighted by molar-refractivity contribution is 0.0340. The van der Waals surface area contributed by atoms with Crippen LogP contribution in [-0.4, -0.2) is 37.1 Å². The van der Waals surface area contributed by atoms with Crippen LogP contribution in [0.4, 0.5) is 0 Å². The average Bonchev–Trinajstić information content (AvgIpc) is 2.61. The van der Waals surface area contributed by atoms with Crippen molar-refractivity contribution < 1.29 is 9.53 Å². The van der Waals surface area contributed by atoms with Crippen molar-refractivity contribution in [3.05, 3.63) is 69.2 Å². The van der Waals surface area contributed by atoms with Gasteiger partial charge in [-0.1, -0.05) is 47.5 Å². The van der Waals surface area contributed by atoms with Gasteiger partial charge in [0.1, 0.15) is 0 Å². The first-order chi connectivity index (χ1) is 12.1. The smallest absolute Gasteiger partial charge is 0.251 e. The molecule has 25 heavy (non-hydrogen) atoms. The van der Waals surface area contributed by atoms with E-state index in [1.807, 2.05) is 18.2 Å². The molecule has 0 radical (unpaired) electrons. The fourth-order valence-electron chi connectivity index (χ4n) is 2.85. The second-order valence-corrected chi connectivity index (χ2v) is 6.87. The summed E-state index contributed by atoms with van der Waals surface area (Å²) in [6.45, 7) is 4.73. The molecule has 0 unspecified atom stereocenters. The largest absolute Gasteiger partial charge is 0.379 e. The highest BCUT2D eigenvalue weighted by Crippen LogP contribution is 2.19. The van der Waals surface area contributed by atoms with Crippen LogP contribution in [0.15, 0.2) is 42.5 Å². The second kappa shape index (κ2) is 8.68. The van der Waals surface area contributed by atoms with Crippen molar-refractivity contribution in [3.8, 4) is 0 Å². The van der Waals surface area contributed by atoms with E-state index in [2.05, 4.69) is 16.3 Å². The Kier molecular flexibility index (Phi) is 6.32. The van der Waals surface area contributed by atoms with E-state index in [-0.39, 0.29) is 5.91 Å². The van der Waals surface area contributed by atoms with Crippen LogP contribution in [0, 0.1) is 0 Å². The van der Waals surface area contributed by atoms with Gasteiger partial charge < -0.3 is 10.1 Å². The number of carbonyl (C=O) groups excluding carboxylic acids is 1. The zero-order valence-corrected chi connectivity index (χ0v) is 15.3. The third-order valence-corrected chi connectivity index (χ3v) is 4.62. The molecule has 132 valence electrons. The Labute approximate surface area is 157 Å². The molecule has 0 spiro atoms. The molecule has 1 aliphatic heterocycles. The van der Waals surface area contributed by atoms with Gasteiger partial charge in [-0.3, -0.25) is 9.69 Å². The Morgan fingerprint density at radius 2 is 1.68 bits per heavy atom. The lowest BCUT2D eigenvalue weighted by Crippen LogP contribution is -2.36. The first-order valence-corrected chi connectivity index (χ1v) is 8.98. The Morgan fingerprint density at radius 3 is 2.36 bits per heavy atom. The van der Waals surface area contributed by atoms with Crippen LogP contribution in [0.2, 0.25) is 10.0 Å². The number of hydrogen-bond acceptors (Lipinski definition) is 3. The first-order valence-electron chi connectivity index (χ1n) is 8.23. The van der Waals surface area contributed by atoms with Gasteiger partial charge in [-0.15, -0.1) is 0 Å². The molecule has 1 N–H and O–H groups in total. The maximum Gasteiger partial charge on any atom is 0.251 e. The van der Waals surface area contributed by atoms with E-state index in [4.69, 9.17) is 27.9 Å². The zero-order chi connectivity index (χ0) is 17.6. The van der Waals surface area contributed by atoms with Crippen LogP contribution >= 0.6 is 23.2 Å². The molecule has 0 aliphatic carbocycles. The molecule has 2 aromatic carbocycles. The monoisotopic (exact) mass is 378 g/mol. The number of nitrogens with one attached hydrogen (secondary N) is 1. The first kappa shape index (κ1) is 18.2. The number of ether oxygens (including phenoxy) is 1. The fourth-order valence-corrected chi connectivity index (χ4v) is 3.37. The van der Waals surface area contributed by atoms with Gasteiger partial charge in [0.25, 0.3) is 5.91 Å². The van der Waals surface area contributed by atoms with Crippen LogP contribution in [0.1, 0.15) is 21.5 Å². The molecule has 1 heterocycles. The molecule has 0 aromatic heterocycles. The molecule has 1 fully saturated rings. The van der Waals surface area contributed by atoms with Crippen molar-refractivity contribution >= 4 is 29.1 Å². The third kappa shape index (κ3) is 5.19. The average molecular weight is 379 g/mol. The van der Waals surface area contributed by atoms with Crippen molar-refractivity contribution in [1.82, 2.24) is 10.2 Å². The summed E-state index contributed by atoms with van der Waals surface area (Å²) >= 11 is 11.9. The van der Waals surface area contributed by atoms with Gasteiger partial charge in [-0.05, 0) is 29.3 Å². The topological polar surface area (TPSA) is 41.6 Å². The molecule has 2 aromatic rings. The molecule has 1 aliphatic rings. The van der Waals surface area contributed by atoms with E-state index in [0.29, 0.717) is 22.2 Å². The van der Waals surface area contributed by atoms with Crippen LogP contribution in [0.3, 0.4) is 0 Å². The van der Waals surface area contributed by atoms with E-state index >= 15 is 0 Å². The lowest BCUT2D eigenvalue weighted by atomic mass is 10.1. The number of carbonyl (C=O) groups is 1. The number of benzene rings is 2. The minimum absolute atomic E-state index is 0.189. The van der Waals surface area contributed by atoms with Crippen molar-refractivity contribution in [2.75, 3.05) is 26.3 Å². The Hall–Kier alpha value is -1.59. The van der Waals surface area contributed by atoms with Gasteiger partial charge in [0.05, 0.1) is 13.2 Å². The quantitative estimate of drug-likeness (QED) is 0.860. The number of morpholine rings is 1. The summed E-state index contributed by atoms with van der Waals surface area (Å²) < 4.78 is 5.39. The minimum Gasteiger partial charge on any atom is -0.379 e. The van der Waals surface area contributed by atoms with Crippen LogP contribution in [-0.2, 0) is 17.8 Å². The standard InChI is InChI=1S/C19H20Cl2N2O2/c20-17-9-16(10-18(21)11-17)19(24)22-12-14-3-1-2-4-15(14)13-23-5-7-25-8-6-23/h1-4,9-11H,5-8,12-13H2,(H,22,24). The molecule has 0 bridgehead atoms. The minimum atomic E-state index is -0.189. The van der Waals surface area contributed by atoms with Gasteiger partial charge in [0.2, 0.25) is 0 Å². The third-order valence-electron chi connectivity index (χ3n) is 4.18. The van der Waals surface area contributed by atoms with E-state index in [1.54, 1.807) is 18.2 Å². The number of amides is 1. The van der Waals surface area contributed by atoms with Crippen molar-refractivity contribution in [3.63, 3.8) is 0 Å². The van der Waals surface area contributed by atoms with Gasteiger partial charge in [-0.25, -0.2) is 0 Å². The van der Waals surface area contributed by atoms with E-state index < -0.39 is 0 Å². The number of rotatable bonds is 5. The van der Waals surface area contributed by atoms with Gasteiger partial charge in [-0.2, -0.15) is 0 Å². The Morgan fingerprint density at radius 1 is 1.04 bits per heavy atom. The van der Waals surface area contributed by atoms with Gasteiger partial charge in [0.15, 0.2) is 0 Å². The fraction of sp³-hybridized carbons (Fsp3) is 0.316. The van der Waals surface area contributed by atoms with E-state index in [0.717, 1.165) is 38.4 Å². The molecular formula is C19H20Cl2N2O2. The molecule has 1 saturated heterocycles. The summed E-state index contributed by atoms with van der Waals surface area (Å²) in [4.78, 5) is 14.7. The number of nitrogens with zero attached hydrogens (tertiary/aromatic N) is 1. The highest BCUT2D eigenvalue weighted by atomic mass is 35.5. The zero-order valence-electron chi connectivity index (χ0n) is 13.8. The lowest BCUT2D eigenvalue weighted by Gasteiger charge is -2.27. The highest BCUT2D eigenvalue weighted by molar-refractivity contribution is 6.35. The summed E-state index contributed by atoms with van der Waals surface area (Å²) in [7, 11) is 0. The number of hydrogen-bond donors (Lipinski definition) is 1. The highest BCUT2D eigenvalue weighted by Gasteiger charge is 2.13. The molecule has 6 heteroatoms. The Balaban J connectivity index is 1.65. The van der Waals surface area contributed by atoms with Crippen molar-refractivity contribution in [1.29, 1.82) is 0 Å². The molecule has 4 nitrogen and oxygen atoms in total. The van der Waals surface area contributed by atoms with Crippen molar-refractivity contribution in [2.24, 2.45) is 0 Å². The molecule has 0 saturated carbocycles. The molecular weight excluding hydrogens is 359 g/mol. The summed E-state index contributed by atoms with van der Waals surface area (Å²) in [6.07, 6.45) is 0. The molecule has 1 amide bonds. The summed E-state index contributed by atoms with van der Waals surface area (Å²) in [5, 5.41) is 3.85. The SMILES string of the molecule is O=C(NCc1ccccc1CN1CCOCC1)c1cc(Cl)cc(Cl)c1. The normalized spacial score (nSPS) is 15.1. The van der Waals surface area contributed by atoms with Crippen LogP contribution in [0.5, 0.6) is 0 Å². The predicted octanol–water partition coefficient (Wildman–Crippen LogP) is 3.76. The maximum atomic E-state index is 12.4. The summed E-state index contributed by atoms with van der Waals surface area (Å²) in [6, 6.07) is 13.0. The van der Waals surface area contributed by atoms with Crippen molar-refractivity contribution in [2.45, 2.75) is 13.1 Å². The van der Waals surface area contributed by atoms with E-state index in [1.165, 1.54) is 5.56 Å². The summed E-state index contributed by atoms with van der Waals surface area (Å²) in [5.74, 6) is -0.189. The van der Waals surface area contributed by atoms with E-state index in [9.17, 15) is 4.79 Å². The van der Waals surface area contributed by atoms with Gasteiger partial charge >= 0.3 is 0 Å². The predicted molar refractivity (Wildman–Crippen MR) is 100 cm³/mol. The van der Waals surface area contributed by atoms with Crippen LogP contribution in [0.25, 0.3) is 0 Å². The second-order valence-electron chi connectivity index (χ2n) is 6.00. The Bertz CT molecular complexity index is 726. The molecule has 0 atom stereocenters. The van der Waals surface area contributed by atoms with Gasteiger partial charge in [0, 0.05) is 41.8 Å². The number of halogens is 2. The summed E-state index contributed by atoms with van der Waals surface area (Å²) in [5.41, 5.74) is 2.78. The van der Waals surface area contributed by atoms with Crippen LogP contribution < -0.4 is 5.32 Å². The maximum absolute atomic E-state index is 12.4. The molecule has 3 rings (SSSR count).